The average molecular weight is 216 g/mol. The van der Waals surface area contributed by atoms with Gasteiger partial charge in [-0.2, -0.15) is 0 Å². The van der Waals surface area contributed by atoms with Gasteiger partial charge >= 0.3 is 0 Å². The van der Waals surface area contributed by atoms with Gasteiger partial charge in [0.05, 0.1) is 4.34 Å². The number of rotatable bonds is 3. The van der Waals surface area contributed by atoms with E-state index in [1.807, 2.05) is 6.07 Å². The van der Waals surface area contributed by atoms with Crippen LogP contribution in [0.4, 0.5) is 0 Å². The van der Waals surface area contributed by atoms with Gasteiger partial charge in [0, 0.05) is 17.0 Å². The van der Waals surface area contributed by atoms with E-state index >= 15 is 0 Å². The first-order chi connectivity index (χ1) is 6.25. The molecule has 0 bridgehead atoms. The molecule has 1 heterocycles. The lowest BCUT2D eigenvalue weighted by Crippen LogP contribution is -2.36. The fraction of sp³-hybridized carbons (Fsp3) is 0.600. The molecule has 0 radical (unpaired) electrons. The van der Waals surface area contributed by atoms with Crippen LogP contribution < -0.4 is 5.32 Å². The van der Waals surface area contributed by atoms with Crippen molar-refractivity contribution in [3.05, 3.63) is 21.3 Å². The van der Waals surface area contributed by atoms with Gasteiger partial charge in [-0.25, -0.2) is 0 Å². The molecule has 1 aromatic rings. The molecule has 0 amide bonds. The summed E-state index contributed by atoms with van der Waals surface area (Å²) in [7, 11) is 0. The van der Waals surface area contributed by atoms with Crippen LogP contribution in [0.2, 0.25) is 4.34 Å². The van der Waals surface area contributed by atoms with Crippen LogP contribution in [0.5, 0.6) is 0 Å². The van der Waals surface area contributed by atoms with Crippen LogP contribution in [0.3, 0.4) is 0 Å². The van der Waals surface area contributed by atoms with E-state index in [1.54, 1.807) is 11.3 Å². The maximum Gasteiger partial charge on any atom is 0.0931 e. The summed E-state index contributed by atoms with van der Waals surface area (Å²) in [5.41, 5.74) is 0. The SMILES string of the molecule is CC(NC1CCC1)c1ccc(Cl)s1. The molecule has 1 atom stereocenters. The zero-order chi connectivity index (χ0) is 9.26. The van der Waals surface area contributed by atoms with E-state index in [0.29, 0.717) is 6.04 Å². The van der Waals surface area contributed by atoms with Gasteiger partial charge in [-0.3, -0.25) is 0 Å². The highest BCUT2D eigenvalue weighted by atomic mass is 35.5. The largest absolute Gasteiger partial charge is 0.307 e. The maximum atomic E-state index is 5.88. The van der Waals surface area contributed by atoms with Gasteiger partial charge in [0.15, 0.2) is 0 Å². The first-order valence-electron chi connectivity index (χ1n) is 4.77. The van der Waals surface area contributed by atoms with E-state index < -0.39 is 0 Å². The Morgan fingerprint density at radius 1 is 1.54 bits per heavy atom. The fourth-order valence-electron chi connectivity index (χ4n) is 1.57. The molecule has 13 heavy (non-hydrogen) atoms. The third-order valence-electron chi connectivity index (χ3n) is 2.61. The highest BCUT2D eigenvalue weighted by molar-refractivity contribution is 7.16. The summed E-state index contributed by atoms with van der Waals surface area (Å²) in [5, 5.41) is 3.60. The Balaban J connectivity index is 1.92. The molecule has 1 fully saturated rings. The third kappa shape index (κ3) is 2.25. The molecular formula is C10H14ClNS. The predicted molar refractivity (Wildman–Crippen MR) is 58.5 cm³/mol. The third-order valence-corrected chi connectivity index (χ3v) is 4.03. The molecule has 1 unspecified atom stereocenters. The molecule has 1 aliphatic carbocycles. The zero-order valence-electron chi connectivity index (χ0n) is 7.72. The average Bonchev–Trinajstić information content (AvgIpc) is 2.44. The van der Waals surface area contributed by atoms with Gasteiger partial charge < -0.3 is 5.32 Å². The predicted octanol–water partition coefficient (Wildman–Crippen LogP) is 3.60. The number of hydrogen-bond donors (Lipinski definition) is 1. The molecule has 1 aliphatic rings. The van der Waals surface area contributed by atoms with Gasteiger partial charge in [0.25, 0.3) is 0 Å². The molecule has 1 nitrogen and oxygen atoms in total. The second-order valence-corrected chi connectivity index (χ2v) is 5.40. The summed E-state index contributed by atoms with van der Waals surface area (Å²) in [6, 6.07) is 5.29. The summed E-state index contributed by atoms with van der Waals surface area (Å²) in [6.07, 6.45) is 4.06. The molecule has 0 aliphatic heterocycles. The van der Waals surface area contributed by atoms with Crippen LogP contribution in [-0.4, -0.2) is 6.04 Å². The lowest BCUT2D eigenvalue weighted by Gasteiger charge is -2.29. The second-order valence-electron chi connectivity index (χ2n) is 3.66. The standard InChI is InChI=1S/C10H14ClNS/c1-7(12-8-3-2-4-8)9-5-6-10(11)13-9/h5-8,12H,2-4H2,1H3. The molecule has 72 valence electrons. The Morgan fingerprint density at radius 2 is 2.31 bits per heavy atom. The molecule has 2 rings (SSSR count). The van der Waals surface area contributed by atoms with Crippen molar-refractivity contribution in [2.24, 2.45) is 0 Å². The summed E-state index contributed by atoms with van der Waals surface area (Å²) in [5.74, 6) is 0. The van der Waals surface area contributed by atoms with Crippen molar-refractivity contribution in [3.8, 4) is 0 Å². The van der Waals surface area contributed by atoms with Crippen LogP contribution in [0.25, 0.3) is 0 Å². The molecule has 0 spiro atoms. The smallest absolute Gasteiger partial charge is 0.0931 e. The Hall–Kier alpha value is -0.0500. The Bertz CT molecular complexity index is 280. The zero-order valence-corrected chi connectivity index (χ0v) is 9.29. The van der Waals surface area contributed by atoms with E-state index in [9.17, 15) is 0 Å². The fourth-order valence-corrected chi connectivity index (χ4v) is 2.64. The number of nitrogens with one attached hydrogen (secondary N) is 1. The van der Waals surface area contributed by atoms with E-state index in [-0.39, 0.29) is 0 Å². The minimum atomic E-state index is 0.461. The molecule has 1 N–H and O–H groups in total. The van der Waals surface area contributed by atoms with Crippen molar-refractivity contribution < 1.29 is 0 Å². The van der Waals surface area contributed by atoms with E-state index in [1.165, 1.54) is 24.1 Å². The van der Waals surface area contributed by atoms with Crippen molar-refractivity contribution >= 4 is 22.9 Å². The van der Waals surface area contributed by atoms with Gasteiger partial charge in [-0.15, -0.1) is 11.3 Å². The highest BCUT2D eigenvalue weighted by Crippen LogP contribution is 2.29. The summed E-state index contributed by atoms with van der Waals surface area (Å²) in [6.45, 7) is 2.21. The van der Waals surface area contributed by atoms with E-state index in [4.69, 9.17) is 11.6 Å². The van der Waals surface area contributed by atoms with Gasteiger partial charge in [0.1, 0.15) is 0 Å². The molecular weight excluding hydrogens is 202 g/mol. The topological polar surface area (TPSA) is 12.0 Å². The second kappa shape index (κ2) is 3.99. The Morgan fingerprint density at radius 3 is 2.77 bits per heavy atom. The Labute approximate surface area is 88.1 Å². The molecule has 0 aromatic carbocycles. The quantitative estimate of drug-likeness (QED) is 0.813. The lowest BCUT2D eigenvalue weighted by molar-refractivity contribution is 0.315. The summed E-state index contributed by atoms with van der Waals surface area (Å²) >= 11 is 7.55. The van der Waals surface area contributed by atoms with Crippen molar-refractivity contribution in [1.82, 2.24) is 5.32 Å². The van der Waals surface area contributed by atoms with Gasteiger partial charge in [0.2, 0.25) is 0 Å². The van der Waals surface area contributed by atoms with Crippen LogP contribution in [-0.2, 0) is 0 Å². The van der Waals surface area contributed by atoms with Crippen LogP contribution in [0.15, 0.2) is 12.1 Å². The molecule has 1 saturated carbocycles. The van der Waals surface area contributed by atoms with Crippen LogP contribution in [0.1, 0.15) is 37.1 Å². The van der Waals surface area contributed by atoms with Crippen molar-refractivity contribution in [2.75, 3.05) is 0 Å². The monoisotopic (exact) mass is 215 g/mol. The van der Waals surface area contributed by atoms with E-state index in [2.05, 4.69) is 18.3 Å². The molecule has 0 saturated heterocycles. The Kier molecular flexibility index (Phi) is 2.92. The van der Waals surface area contributed by atoms with Crippen molar-refractivity contribution in [2.45, 2.75) is 38.3 Å². The van der Waals surface area contributed by atoms with Crippen molar-refractivity contribution in [1.29, 1.82) is 0 Å². The first kappa shape index (κ1) is 9.50. The normalized spacial score (nSPS) is 19.8. The van der Waals surface area contributed by atoms with Gasteiger partial charge in [-0.05, 0) is 31.9 Å². The minimum absolute atomic E-state index is 0.461. The number of thiophene rings is 1. The van der Waals surface area contributed by atoms with Gasteiger partial charge in [-0.1, -0.05) is 18.0 Å². The number of hydrogen-bond acceptors (Lipinski definition) is 2. The van der Waals surface area contributed by atoms with Crippen LogP contribution in [0, 0.1) is 0 Å². The lowest BCUT2D eigenvalue weighted by atomic mass is 9.92. The highest BCUT2D eigenvalue weighted by Gasteiger charge is 2.20. The van der Waals surface area contributed by atoms with Crippen molar-refractivity contribution in [3.63, 3.8) is 0 Å². The maximum absolute atomic E-state index is 5.88. The van der Waals surface area contributed by atoms with Crippen LogP contribution >= 0.6 is 22.9 Å². The first-order valence-corrected chi connectivity index (χ1v) is 5.96. The van der Waals surface area contributed by atoms with E-state index in [0.717, 1.165) is 10.4 Å². The summed E-state index contributed by atoms with van der Waals surface area (Å²) in [4.78, 5) is 1.34. The molecule has 1 aromatic heterocycles. The molecule has 3 heteroatoms. The minimum Gasteiger partial charge on any atom is -0.307 e. The number of halogens is 1. The summed E-state index contributed by atoms with van der Waals surface area (Å²) < 4.78 is 0.886.